The molecule has 5 aliphatic carbocycles. The fourth-order valence-electron chi connectivity index (χ4n) is 11.1. The van der Waals surface area contributed by atoms with Crippen molar-refractivity contribution in [2.45, 2.75) is 119 Å². The molecule has 3 nitrogen and oxygen atoms in total. The van der Waals surface area contributed by atoms with Gasteiger partial charge in [-0.15, -0.1) is 0 Å². The first-order chi connectivity index (χ1) is 15.1. The molecular weight excluding hydrogens is 408 g/mol. The van der Waals surface area contributed by atoms with E-state index in [1.54, 1.807) is 5.57 Å². The minimum Gasteiger partial charge on any atom is -0.390 e. The molecule has 12 atom stereocenters. The van der Waals surface area contributed by atoms with E-state index in [0.29, 0.717) is 29.6 Å². The fourth-order valence-corrected chi connectivity index (χ4v) is 11.1. The molecule has 0 aromatic heterocycles. The lowest BCUT2D eigenvalue weighted by molar-refractivity contribution is -0.247. The maximum atomic E-state index is 12.0. The van der Waals surface area contributed by atoms with E-state index in [0.717, 1.165) is 18.8 Å². The summed E-state index contributed by atoms with van der Waals surface area (Å²) < 4.78 is 0. The van der Waals surface area contributed by atoms with Gasteiger partial charge in [0, 0.05) is 5.92 Å². The Balaban J connectivity index is 1.64. The molecule has 3 heteroatoms. The van der Waals surface area contributed by atoms with Gasteiger partial charge in [0.1, 0.15) is 0 Å². The molecule has 0 amide bonds. The van der Waals surface area contributed by atoms with Crippen molar-refractivity contribution >= 4 is 0 Å². The average molecular weight is 459 g/mol. The SMILES string of the molecule is C[C@H]1[C@H](C)CC[C@]2(C)CC[C@]3(C)C(=C[C@@H](O)[C@@H]4[C@@]5(C)C[C@@H](O)[C@H](O)C(C)(C)[C@@H]5CC[C@]43C)[C@@H]12. The summed E-state index contributed by atoms with van der Waals surface area (Å²) in [5.41, 5.74) is 1.48. The first kappa shape index (κ1) is 24.3. The van der Waals surface area contributed by atoms with Crippen molar-refractivity contribution in [3.8, 4) is 0 Å². The van der Waals surface area contributed by atoms with Gasteiger partial charge >= 0.3 is 0 Å². The molecule has 0 aromatic rings. The summed E-state index contributed by atoms with van der Waals surface area (Å²) in [7, 11) is 0. The zero-order valence-corrected chi connectivity index (χ0v) is 22.5. The third kappa shape index (κ3) is 2.85. The highest BCUT2D eigenvalue weighted by molar-refractivity contribution is 5.35. The van der Waals surface area contributed by atoms with Gasteiger partial charge < -0.3 is 15.3 Å². The molecule has 4 saturated carbocycles. The van der Waals surface area contributed by atoms with Gasteiger partial charge in [0.2, 0.25) is 0 Å². The molecule has 3 N–H and O–H groups in total. The van der Waals surface area contributed by atoms with Crippen LogP contribution >= 0.6 is 0 Å². The number of aliphatic hydroxyl groups excluding tert-OH is 3. The van der Waals surface area contributed by atoms with E-state index >= 15 is 0 Å². The van der Waals surface area contributed by atoms with E-state index in [-0.39, 0.29) is 27.6 Å². The summed E-state index contributed by atoms with van der Waals surface area (Å²) in [6, 6.07) is 0. The Labute approximate surface area is 202 Å². The molecule has 0 unspecified atom stereocenters. The summed E-state index contributed by atoms with van der Waals surface area (Å²) in [6.07, 6.45) is 8.33. The second-order valence-electron chi connectivity index (χ2n) is 15.0. The highest BCUT2D eigenvalue weighted by Gasteiger charge is 2.70. The lowest BCUT2D eigenvalue weighted by Crippen LogP contribution is -2.69. The molecule has 4 fully saturated rings. The molecule has 0 saturated heterocycles. The van der Waals surface area contributed by atoms with Crippen molar-refractivity contribution in [2.24, 2.45) is 56.7 Å². The van der Waals surface area contributed by atoms with Gasteiger partial charge in [-0.2, -0.15) is 0 Å². The van der Waals surface area contributed by atoms with E-state index < -0.39 is 18.3 Å². The fraction of sp³-hybridized carbons (Fsp3) is 0.933. The summed E-state index contributed by atoms with van der Waals surface area (Å²) in [5.74, 6) is 2.36. The van der Waals surface area contributed by atoms with Crippen LogP contribution in [0, 0.1) is 56.7 Å². The molecule has 5 rings (SSSR count). The van der Waals surface area contributed by atoms with Crippen LogP contribution in [0.15, 0.2) is 11.6 Å². The summed E-state index contributed by atoms with van der Waals surface area (Å²) in [5, 5.41) is 33.8. The largest absolute Gasteiger partial charge is 0.390 e. The summed E-state index contributed by atoms with van der Waals surface area (Å²) in [6.45, 7) is 19.1. The highest BCUT2D eigenvalue weighted by atomic mass is 16.3. The number of hydrogen-bond donors (Lipinski definition) is 3. The maximum Gasteiger partial charge on any atom is 0.0852 e. The smallest absolute Gasteiger partial charge is 0.0852 e. The predicted octanol–water partition coefficient (Wildman–Crippen LogP) is 5.97. The van der Waals surface area contributed by atoms with E-state index in [1.807, 2.05) is 0 Å². The maximum absolute atomic E-state index is 12.0. The molecule has 0 heterocycles. The van der Waals surface area contributed by atoms with Gasteiger partial charge in [-0.25, -0.2) is 0 Å². The van der Waals surface area contributed by atoms with Crippen LogP contribution < -0.4 is 0 Å². The van der Waals surface area contributed by atoms with Crippen LogP contribution in [0.1, 0.15) is 100 Å². The highest BCUT2D eigenvalue weighted by Crippen LogP contribution is 2.75. The topological polar surface area (TPSA) is 60.7 Å². The quantitative estimate of drug-likeness (QED) is 0.392. The van der Waals surface area contributed by atoms with Crippen LogP contribution in [0.25, 0.3) is 0 Å². The Kier molecular flexibility index (Phi) is 5.23. The number of fused-ring (bicyclic) bond motifs is 7. The van der Waals surface area contributed by atoms with Crippen LogP contribution in [-0.2, 0) is 0 Å². The van der Waals surface area contributed by atoms with Gasteiger partial charge in [0.15, 0.2) is 0 Å². The molecular formula is C30H50O3. The Bertz CT molecular complexity index is 847. The van der Waals surface area contributed by atoms with Crippen molar-refractivity contribution < 1.29 is 15.3 Å². The standard InChI is InChI=1S/C30H50O3/c1-17-9-11-27(5)13-14-29(7)19(23(27)18(17)2)15-20(31)24-28(6)16-21(32)25(33)26(3,4)22(28)10-12-30(24,29)8/h15,17-18,20-25,31-33H,9-14,16H2,1-8H3/t17-,18+,20-,21-,22+,23-,24-,25+,27-,28+,29-,30-/m1/s1. The van der Waals surface area contributed by atoms with E-state index in [4.69, 9.17) is 0 Å². The Hall–Kier alpha value is -0.380. The normalized spacial score (nSPS) is 60.0. The van der Waals surface area contributed by atoms with Crippen LogP contribution in [0.2, 0.25) is 0 Å². The number of hydrogen-bond acceptors (Lipinski definition) is 3. The lowest BCUT2D eigenvalue weighted by Gasteiger charge is -2.72. The Morgan fingerprint density at radius 2 is 1.52 bits per heavy atom. The van der Waals surface area contributed by atoms with Gasteiger partial charge in [0.25, 0.3) is 0 Å². The first-order valence-electron chi connectivity index (χ1n) is 13.9. The van der Waals surface area contributed by atoms with Gasteiger partial charge in [0.05, 0.1) is 18.3 Å². The lowest BCUT2D eigenvalue weighted by atomic mass is 9.33. The zero-order valence-electron chi connectivity index (χ0n) is 22.5. The summed E-state index contributed by atoms with van der Waals surface area (Å²) >= 11 is 0. The molecule has 0 aromatic carbocycles. The van der Waals surface area contributed by atoms with Crippen molar-refractivity contribution in [1.29, 1.82) is 0 Å². The number of allylic oxidation sites excluding steroid dienone is 1. The molecule has 188 valence electrons. The monoisotopic (exact) mass is 458 g/mol. The van der Waals surface area contributed by atoms with Gasteiger partial charge in [-0.3, -0.25) is 0 Å². The predicted molar refractivity (Wildman–Crippen MR) is 133 cm³/mol. The second-order valence-corrected chi connectivity index (χ2v) is 15.0. The van der Waals surface area contributed by atoms with E-state index in [9.17, 15) is 15.3 Å². The van der Waals surface area contributed by atoms with E-state index in [2.05, 4.69) is 61.5 Å². The Morgan fingerprint density at radius 1 is 0.848 bits per heavy atom. The third-order valence-corrected chi connectivity index (χ3v) is 13.3. The minimum absolute atomic E-state index is 0.00157. The minimum atomic E-state index is -0.720. The van der Waals surface area contributed by atoms with Gasteiger partial charge in [-0.05, 0) is 95.7 Å². The third-order valence-electron chi connectivity index (χ3n) is 13.3. The first-order valence-corrected chi connectivity index (χ1v) is 13.9. The molecule has 5 aliphatic rings. The molecule has 0 bridgehead atoms. The zero-order chi connectivity index (χ0) is 24.4. The van der Waals surface area contributed by atoms with Crippen molar-refractivity contribution in [3.63, 3.8) is 0 Å². The van der Waals surface area contributed by atoms with Crippen molar-refractivity contribution in [2.75, 3.05) is 0 Å². The van der Waals surface area contributed by atoms with Crippen LogP contribution in [0.3, 0.4) is 0 Å². The Morgan fingerprint density at radius 3 is 2.18 bits per heavy atom. The van der Waals surface area contributed by atoms with Crippen LogP contribution in [0.5, 0.6) is 0 Å². The van der Waals surface area contributed by atoms with Crippen LogP contribution in [-0.4, -0.2) is 33.6 Å². The van der Waals surface area contributed by atoms with Crippen LogP contribution in [0.4, 0.5) is 0 Å². The molecule has 0 spiro atoms. The molecule has 33 heavy (non-hydrogen) atoms. The number of rotatable bonds is 0. The number of aliphatic hydroxyl groups is 3. The van der Waals surface area contributed by atoms with E-state index in [1.165, 1.54) is 25.7 Å². The van der Waals surface area contributed by atoms with Crippen molar-refractivity contribution in [3.05, 3.63) is 11.6 Å². The second kappa shape index (κ2) is 7.10. The molecule has 0 radical (unpaired) electrons. The summed E-state index contributed by atoms with van der Waals surface area (Å²) in [4.78, 5) is 0. The molecule has 0 aliphatic heterocycles. The average Bonchev–Trinajstić information content (AvgIpc) is 2.71. The van der Waals surface area contributed by atoms with Crippen molar-refractivity contribution in [1.82, 2.24) is 0 Å². The van der Waals surface area contributed by atoms with Gasteiger partial charge in [-0.1, -0.05) is 67.0 Å².